The number of benzene rings is 1. The summed E-state index contributed by atoms with van der Waals surface area (Å²) in [5.74, 6) is 0.672. The predicted molar refractivity (Wildman–Crippen MR) is 58.4 cm³/mol. The van der Waals surface area contributed by atoms with Gasteiger partial charge in [-0.3, -0.25) is 4.79 Å². The highest BCUT2D eigenvalue weighted by atomic mass is 79.9. The maximum Gasteiger partial charge on any atom is 0.159 e. The lowest BCUT2D eigenvalue weighted by atomic mass is 10.1. The molecule has 0 aliphatic rings. The largest absolute Gasteiger partial charge is 0.496 e. The highest BCUT2D eigenvalue weighted by Crippen LogP contribution is 2.33. The highest BCUT2D eigenvalue weighted by Gasteiger charge is 2.09. The number of rotatable bonds is 2. The van der Waals surface area contributed by atoms with Crippen molar-refractivity contribution in [2.75, 3.05) is 7.11 Å². The summed E-state index contributed by atoms with van der Waals surface area (Å²) in [5, 5.41) is 0. The fourth-order valence-corrected chi connectivity index (χ4v) is 1.75. The van der Waals surface area contributed by atoms with E-state index < -0.39 is 0 Å². The molecule has 0 atom stereocenters. The van der Waals surface area contributed by atoms with Crippen molar-refractivity contribution in [2.24, 2.45) is 0 Å². The molecular weight excluding hydrogens is 300 g/mol. The molecule has 0 heterocycles. The fourth-order valence-electron chi connectivity index (χ4n) is 0.916. The number of carbonyl (C=O) groups is 1. The molecule has 70 valence electrons. The number of hydrogen-bond donors (Lipinski definition) is 0. The second-order valence-electron chi connectivity index (χ2n) is 2.53. The molecule has 2 nitrogen and oxygen atoms in total. The minimum atomic E-state index is 0.0199. The molecule has 1 aromatic carbocycles. The number of halogens is 2. The second kappa shape index (κ2) is 4.24. The van der Waals surface area contributed by atoms with E-state index in [9.17, 15) is 4.79 Å². The van der Waals surface area contributed by atoms with Crippen LogP contribution >= 0.6 is 31.9 Å². The maximum atomic E-state index is 11.1. The van der Waals surface area contributed by atoms with E-state index in [1.165, 1.54) is 6.92 Å². The van der Waals surface area contributed by atoms with Crippen LogP contribution in [0.15, 0.2) is 21.1 Å². The van der Waals surface area contributed by atoms with Gasteiger partial charge in [0, 0.05) is 10.0 Å². The third kappa shape index (κ3) is 2.31. The first-order valence-electron chi connectivity index (χ1n) is 3.60. The van der Waals surface area contributed by atoms with Gasteiger partial charge in [0.25, 0.3) is 0 Å². The molecule has 0 N–H and O–H groups in total. The van der Waals surface area contributed by atoms with E-state index in [2.05, 4.69) is 31.9 Å². The Balaban J connectivity index is 3.30. The van der Waals surface area contributed by atoms with Crippen molar-refractivity contribution in [1.29, 1.82) is 0 Å². The molecule has 1 rings (SSSR count). The molecule has 0 amide bonds. The van der Waals surface area contributed by atoms with Crippen molar-refractivity contribution in [1.82, 2.24) is 0 Å². The first-order chi connectivity index (χ1) is 6.06. The maximum absolute atomic E-state index is 11.1. The van der Waals surface area contributed by atoms with E-state index in [4.69, 9.17) is 4.74 Å². The molecule has 1 aromatic rings. The average Bonchev–Trinajstić information content (AvgIpc) is 2.09. The monoisotopic (exact) mass is 306 g/mol. The Morgan fingerprint density at radius 2 is 2.00 bits per heavy atom. The van der Waals surface area contributed by atoms with Gasteiger partial charge in [0.1, 0.15) is 5.75 Å². The third-order valence-corrected chi connectivity index (χ3v) is 3.60. The van der Waals surface area contributed by atoms with E-state index in [0.29, 0.717) is 11.3 Å². The van der Waals surface area contributed by atoms with Crippen molar-refractivity contribution >= 4 is 37.6 Å². The lowest BCUT2D eigenvalue weighted by Crippen LogP contribution is -1.94. The third-order valence-electron chi connectivity index (χ3n) is 1.62. The first kappa shape index (κ1) is 10.7. The zero-order valence-electron chi connectivity index (χ0n) is 7.23. The van der Waals surface area contributed by atoms with Crippen molar-refractivity contribution in [3.05, 3.63) is 26.6 Å². The predicted octanol–water partition coefficient (Wildman–Crippen LogP) is 3.42. The molecule has 4 heteroatoms. The van der Waals surface area contributed by atoms with Crippen LogP contribution in [0.3, 0.4) is 0 Å². The summed E-state index contributed by atoms with van der Waals surface area (Å²) < 4.78 is 6.72. The van der Waals surface area contributed by atoms with Crippen LogP contribution in [0.25, 0.3) is 0 Å². The Morgan fingerprint density at radius 3 is 2.46 bits per heavy atom. The smallest absolute Gasteiger partial charge is 0.159 e. The van der Waals surface area contributed by atoms with Gasteiger partial charge in [0.15, 0.2) is 5.78 Å². The molecule has 0 fully saturated rings. The summed E-state index contributed by atoms with van der Waals surface area (Å²) in [6.45, 7) is 1.52. The van der Waals surface area contributed by atoms with Crippen LogP contribution in [-0.2, 0) is 0 Å². The Hall–Kier alpha value is -0.350. The molecular formula is C9H8Br2O2. The van der Waals surface area contributed by atoms with Crippen LogP contribution in [0.2, 0.25) is 0 Å². The summed E-state index contributed by atoms with van der Waals surface area (Å²) in [6, 6.07) is 3.46. The molecule has 13 heavy (non-hydrogen) atoms. The Labute approximate surface area is 93.5 Å². The fraction of sp³-hybridized carbons (Fsp3) is 0.222. The number of ether oxygens (including phenoxy) is 1. The normalized spacial score (nSPS) is 9.85. The molecule has 0 unspecified atom stereocenters. The van der Waals surface area contributed by atoms with Gasteiger partial charge in [-0.1, -0.05) is 0 Å². The van der Waals surface area contributed by atoms with Crippen LogP contribution in [0.5, 0.6) is 5.75 Å². The van der Waals surface area contributed by atoms with Gasteiger partial charge in [-0.05, 0) is 50.9 Å². The summed E-state index contributed by atoms with van der Waals surface area (Å²) in [4.78, 5) is 11.1. The molecule has 0 spiro atoms. The van der Waals surface area contributed by atoms with Crippen molar-refractivity contribution in [3.8, 4) is 5.75 Å². The SMILES string of the molecule is COc1cc(C(C)=O)cc(Br)c1Br. The molecule has 0 aliphatic heterocycles. The Kier molecular flexibility index (Phi) is 3.50. The standard InChI is InChI=1S/C9H8Br2O2/c1-5(12)6-3-7(10)9(11)8(4-6)13-2/h3-4H,1-2H3. The molecule has 0 saturated heterocycles. The zero-order chi connectivity index (χ0) is 10.0. The van der Waals surface area contributed by atoms with Crippen molar-refractivity contribution < 1.29 is 9.53 Å². The number of Topliss-reactive ketones (excluding diaryl/α,β-unsaturated/α-hetero) is 1. The van der Waals surface area contributed by atoms with Gasteiger partial charge < -0.3 is 4.74 Å². The number of ketones is 1. The van der Waals surface area contributed by atoms with Gasteiger partial charge in [-0.15, -0.1) is 0 Å². The second-order valence-corrected chi connectivity index (χ2v) is 4.18. The van der Waals surface area contributed by atoms with E-state index in [1.54, 1.807) is 19.2 Å². The average molecular weight is 308 g/mol. The quantitative estimate of drug-likeness (QED) is 0.783. The number of methoxy groups -OCH3 is 1. The molecule has 0 saturated carbocycles. The lowest BCUT2D eigenvalue weighted by molar-refractivity contribution is 0.101. The van der Waals surface area contributed by atoms with E-state index >= 15 is 0 Å². The van der Waals surface area contributed by atoms with E-state index in [-0.39, 0.29) is 5.78 Å². The molecule has 0 bridgehead atoms. The minimum absolute atomic E-state index is 0.0199. The van der Waals surface area contributed by atoms with Crippen LogP contribution in [0.4, 0.5) is 0 Å². The zero-order valence-corrected chi connectivity index (χ0v) is 10.4. The van der Waals surface area contributed by atoms with Crippen molar-refractivity contribution in [2.45, 2.75) is 6.92 Å². The van der Waals surface area contributed by atoms with Crippen LogP contribution in [0.1, 0.15) is 17.3 Å². The van der Waals surface area contributed by atoms with Gasteiger partial charge >= 0.3 is 0 Å². The molecule has 0 aliphatic carbocycles. The van der Waals surface area contributed by atoms with Crippen LogP contribution in [-0.4, -0.2) is 12.9 Å². The van der Waals surface area contributed by atoms with Gasteiger partial charge in [0.2, 0.25) is 0 Å². The lowest BCUT2D eigenvalue weighted by Gasteiger charge is -2.06. The van der Waals surface area contributed by atoms with Gasteiger partial charge in [0.05, 0.1) is 11.6 Å². The summed E-state index contributed by atoms with van der Waals surface area (Å²) >= 11 is 6.67. The van der Waals surface area contributed by atoms with Gasteiger partial charge in [-0.25, -0.2) is 0 Å². The summed E-state index contributed by atoms with van der Waals surface area (Å²) in [7, 11) is 1.57. The Bertz CT molecular complexity index is 348. The van der Waals surface area contributed by atoms with Crippen LogP contribution < -0.4 is 4.74 Å². The Morgan fingerprint density at radius 1 is 1.38 bits per heavy atom. The summed E-state index contributed by atoms with van der Waals surface area (Å²) in [6.07, 6.45) is 0. The first-order valence-corrected chi connectivity index (χ1v) is 5.19. The van der Waals surface area contributed by atoms with Crippen LogP contribution in [0, 0.1) is 0 Å². The van der Waals surface area contributed by atoms with Gasteiger partial charge in [-0.2, -0.15) is 0 Å². The number of hydrogen-bond acceptors (Lipinski definition) is 2. The molecule has 0 radical (unpaired) electrons. The van der Waals surface area contributed by atoms with E-state index in [0.717, 1.165) is 8.95 Å². The minimum Gasteiger partial charge on any atom is -0.496 e. The summed E-state index contributed by atoms with van der Waals surface area (Å²) in [5.41, 5.74) is 0.631. The molecule has 0 aromatic heterocycles. The van der Waals surface area contributed by atoms with E-state index in [1.807, 2.05) is 0 Å². The number of carbonyl (C=O) groups excluding carboxylic acids is 1. The topological polar surface area (TPSA) is 26.3 Å². The highest BCUT2D eigenvalue weighted by molar-refractivity contribution is 9.13. The van der Waals surface area contributed by atoms with Crippen molar-refractivity contribution in [3.63, 3.8) is 0 Å².